The molecule has 0 amide bonds. The van der Waals surface area contributed by atoms with Crippen LogP contribution in [0.15, 0.2) is 18.2 Å². The summed E-state index contributed by atoms with van der Waals surface area (Å²) >= 11 is 5.54. The fraction of sp³-hybridized carbons (Fsp3) is 0.455. The highest BCUT2D eigenvalue weighted by atomic mass is 35.5. The maximum atomic E-state index is 13.0. The molecule has 3 heteroatoms. The van der Waals surface area contributed by atoms with Crippen LogP contribution in [0.1, 0.15) is 20.8 Å². The van der Waals surface area contributed by atoms with Gasteiger partial charge in [0.25, 0.3) is 0 Å². The Labute approximate surface area is 88.8 Å². The molecule has 0 unspecified atom stereocenters. The van der Waals surface area contributed by atoms with Gasteiger partial charge >= 0.3 is 0 Å². The molecule has 1 aromatic rings. The number of benzene rings is 1. The Kier molecular flexibility index (Phi) is 3.38. The van der Waals surface area contributed by atoms with Gasteiger partial charge in [0.15, 0.2) is 0 Å². The van der Waals surface area contributed by atoms with E-state index in [2.05, 4.69) is 20.8 Å². The zero-order valence-corrected chi connectivity index (χ0v) is 9.36. The average Bonchev–Trinajstić information content (AvgIpc) is 2.06. The third-order valence-corrected chi connectivity index (χ3v) is 1.87. The van der Waals surface area contributed by atoms with Crippen molar-refractivity contribution in [3.8, 4) is 5.75 Å². The van der Waals surface area contributed by atoms with E-state index >= 15 is 0 Å². The molecular weight excluding hydrogens is 203 g/mol. The zero-order chi connectivity index (χ0) is 10.8. The first-order valence-electron chi connectivity index (χ1n) is 4.46. The summed E-state index contributed by atoms with van der Waals surface area (Å²) in [6.45, 7) is 6.71. The summed E-state index contributed by atoms with van der Waals surface area (Å²) in [5, 5.41) is 0.119. The van der Waals surface area contributed by atoms with Crippen LogP contribution in [0.3, 0.4) is 0 Å². The van der Waals surface area contributed by atoms with Gasteiger partial charge in [0.1, 0.15) is 11.6 Å². The van der Waals surface area contributed by atoms with Gasteiger partial charge in [-0.1, -0.05) is 32.4 Å². The van der Waals surface area contributed by atoms with Crippen molar-refractivity contribution in [2.75, 3.05) is 6.61 Å². The molecule has 0 aliphatic heterocycles. The van der Waals surface area contributed by atoms with Crippen molar-refractivity contribution in [2.24, 2.45) is 5.41 Å². The normalized spacial score (nSPS) is 11.5. The van der Waals surface area contributed by atoms with E-state index in [4.69, 9.17) is 16.3 Å². The molecule has 0 fully saturated rings. The number of halogens is 2. The van der Waals surface area contributed by atoms with E-state index in [1.807, 2.05) is 0 Å². The van der Waals surface area contributed by atoms with E-state index in [9.17, 15) is 4.39 Å². The van der Waals surface area contributed by atoms with Crippen LogP contribution in [0, 0.1) is 11.2 Å². The van der Waals surface area contributed by atoms with Crippen LogP contribution in [0.2, 0.25) is 5.02 Å². The molecule has 0 radical (unpaired) electrons. The van der Waals surface area contributed by atoms with Gasteiger partial charge in [0, 0.05) is 6.07 Å². The van der Waals surface area contributed by atoms with Gasteiger partial charge in [0.05, 0.1) is 11.6 Å². The number of hydrogen-bond donors (Lipinski definition) is 0. The van der Waals surface area contributed by atoms with E-state index in [0.29, 0.717) is 12.4 Å². The number of ether oxygens (including phenoxy) is 1. The quantitative estimate of drug-likeness (QED) is 0.729. The summed E-state index contributed by atoms with van der Waals surface area (Å²) < 4.78 is 18.4. The smallest absolute Gasteiger partial charge is 0.145 e. The molecule has 0 saturated heterocycles. The summed E-state index contributed by atoms with van der Waals surface area (Å²) in [6, 6.07) is 4.46. The second-order valence-electron chi connectivity index (χ2n) is 4.43. The molecule has 0 aliphatic rings. The molecule has 0 saturated carbocycles. The first kappa shape index (κ1) is 11.3. The molecule has 0 N–H and O–H groups in total. The van der Waals surface area contributed by atoms with Gasteiger partial charge in [-0.25, -0.2) is 4.39 Å². The Morgan fingerprint density at radius 1 is 1.36 bits per heavy atom. The molecule has 0 aliphatic carbocycles. The fourth-order valence-corrected chi connectivity index (χ4v) is 0.984. The number of hydrogen-bond acceptors (Lipinski definition) is 1. The lowest BCUT2D eigenvalue weighted by Gasteiger charge is -2.18. The highest BCUT2D eigenvalue weighted by Gasteiger charge is 2.11. The maximum absolute atomic E-state index is 13.0. The third-order valence-electron chi connectivity index (χ3n) is 1.56. The second-order valence-corrected chi connectivity index (χ2v) is 4.83. The van der Waals surface area contributed by atoms with Gasteiger partial charge < -0.3 is 4.74 Å². The molecule has 0 spiro atoms. The Bertz CT molecular complexity index is 318. The minimum atomic E-state index is -0.446. The Hall–Kier alpha value is -0.760. The summed E-state index contributed by atoms with van der Waals surface area (Å²) in [4.78, 5) is 0. The monoisotopic (exact) mass is 216 g/mol. The van der Waals surface area contributed by atoms with Crippen molar-refractivity contribution in [2.45, 2.75) is 20.8 Å². The highest BCUT2D eigenvalue weighted by molar-refractivity contribution is 6.30. The van der Waals surface area contributed by atoms with Gasteiger partial charge in [-0.05, 0) is 17.5 Å². The zero-order valence-electron chi connectivity index (χ0n) is 8.60. The van der Waals surface area contributed by atoms with Crippen LogP contribution in [0.5, 0.6) is 5.75 Å². The van der Waals surface area contributed by atoms with Gasteiger partial charge in [-0.2, -0.15) is 0 Å². The van der Waals surface area contributed by atoms with E-state index < -0.39 is 5.82 Å². The summed E-state index contributed by atoms with van der Waals surface area (Å²) in [7, 11) is 0. The van der Waals surface area contributed by atoms with Crippen molar-refractivity contribution in [3.63, 3.8) is 0 Å². The lowest BCUT2D eigenvalue weighted by Crippen LogP contribution is -2.16. The molecule has 14 heavy (non-hydrogen) atoms. The Morgan fingerprint density at radius 3 is 2.50 bits per heavy atom. The third kappa shape index (κ3) is 3.54. The molecular formula is C11H14ClFO. The van der Waals surface area contributed by atoms with Crippen LogP contribution < -0.4 is 4.74 Å². The average molecular weight is 217 g/mol. The molecule has 0 bridgehead atoms. The van der Waals surface area contributed by atoms with Crippen molar-refractivity contribution in [1.29, 1.82) is 0 Å². The van der Waals surface area contributed by atoms with Crippen LogP contribution in [0.4, 0.5) is 4.39 Å². The second kappa shape index (κ2) is 4.18. The van der Waals surface area contributed by atoms with Crippen molar-refractivity contribution in [1.82, 2.24) is 0 Å². The number of rotatable bonds is 2. The standard InChI is InChI=1S/C11H14ClFO/c1-11(2,3)7-14-8-4-5-9(12)10(13)6-8/h4-6H,7H2,1-3H3. The minimum absolute atomic E-state index is 0.0656. The van der Waals surface area contributed by atoms with Crippen LogP contribution in [0.25, 0.3) is 0 Å². The van der Waals surface area contributed by atoms with Crippen molar-refractivity contribution in [3.05, 3.63) is 29.0 Å². The molecule has 0 heterocycles. The fourth-order valence-electron chi connectivity index (χ4n) is 0.866. The largest absolute Gasteiger partial charge is 0.493 e. The molecule has 0 aromatic heterocycles. The van der Waals surface area contributed by atoms with E-state index in [-0.39, 0.29) is 10.4 Å². The lowest BCUT2D eigenvalue weighted by atomic mass is 9.99. The van der Waals surface area contributed by atoms with Crippen molar-refractivity contribution >= 4 is 11.6 Å². The highest BCUT2D eigenvalue weighted by Crippen LogP contribution is 2.22. The van der Waals surface area contributed by atoms with Crippen LogP contribution >= 0.6 is 11.6 Å². The van der Waals surface area contributed by atoms with Gasteiger partial charge in [-0.15, -0.1) is 0 Å². The minimum Gasteiger partial charge on any atom is -0.493 e. The molecule has 0 atom stereocenters. The Morgan fingerprint density at radius 2 is 2.00 bits per heavy atom. The molecule has 1 aromatic carbocycles. The topological polar surface area (TPSA) is 9.23 Å². The van der Waals surface area contributed by atoms with E-state index in [1.165, 1.54) is 12.1 Å². The van der Waals surface area contributed by atoms with E-state index in [1.54, 1.807) is 6.07 Å². The molecule has 78 valence electrons. The van der Waals surface area contributed by atoms with Crippen LogP contribution in [-0.2, 0) is 0 Å². The van der Waals surface area contributed by atoms with Crippen molar-refractivity contribution < 1.29 is 9.13 Å². The summed E-state index contributed by atoms with van der Waals surface area (Å²) in [5.74, 6) is 0.0694. The predicted molar refractivity (Wildman–Crippen MR) is 56.4 cm³/mol. The molecule has 1 nitrogen and oxygen atoms in total. The first-order valence-corrected chi connectivity index (χ1v) is 4.84. The predicted octanol–water partition coefficient (Wildman–Crippen LogP) is 3.90. The van der Waals surface area contributed by atoms with Gasteiger partial charge in [0.2, 0.25) is 0 Å². The van der Waals surface area contributed by atoms with Gasteiger partial charge in [-0.3, -0.25) is 0 Å². The lowest BCUT2D eigenvalue weighted by molar-refractivity contribution is 0.197. The van der Waals surface area contributed by atoms with E-state index in [0.717, 1.165) is 0 Å². The summed E-state index contributed by atoms with van der Waals surface area (Å²) in [6.07, 6.45) is 0. The summed E-state index contributed by atoms with van der Waals surface area (Å²) in [5.41, 5.74) is 0.0656. The molecule has 1 rings (SSSR count). The maximum Gasteiger partial charge on any atom is 0.145 e. The first-order chi connectivity index (χ1) is 6.38. The Balaban J connectivity index is 2.65. The SMILES string of the molecule is CC(C)(C)COc1ccc(Cl)c(F)c1. The van der Waals surface area contributed by atoms with Crippen LogP contribution in [-0.4, -0.2) is 6.61 Å².